The summed E-state index contributed by atoms with van der Waals surface area (Å²) in [6, 6.07) is 12.7. The molecule has 1 amide bonds. The molecular formula is C23H25ClF2N4O3. The first-order valence-electron chi connectivity index (χ1n) is 10.0. The van der Waals surface area contributed by atoms with Crippen molar-refractivity contribution < 1.29 is 18.3 Å². The molecule has 176 valence electrons. The predicted octanol–water partition coefficient (Wildman–Crippen LogP) is 4.16. The van der Waals surface area contributed by atoms with Crippen molar-refractivity contribution in [2.24, 2.45) is 0 Å². The van der Waals surface area contributed by atoms with Gasteiger partial charge >= 0.3 is 6.09 Å². The number of carbonyl (C=O) groups excluding carboxylic acids is 1. The maximum absolute atomic E-state index is 13.5. The van der Waals surface area contributed by atoms with Crippen LogP contribution in [0.15, 0.2) is 59.4 Å². The minimum atomic E-state index is -0.730. The lowest BCUT2D eigenvalue weighted by atomic mass is 10.1. The van der Waals surface area contributed by atoms with E-state index in [9.17, 15) is 18.4 Å². The summed E-state index contributed by atoms with van der Waals surface area (Å²) in [4.78, 5) is 26.2. The monoisotopic (exact) mass is 478 g/mol. The lowest BCUT2D eigenvalue weighted by molar-refractivity contribution is 0.156. The largest absolute Gasteiger partial charge is 0.449 e. The highest BCUT2D eigenvalue weighted by Gasteiger charge is 2.09. The average Bonchev–Trinajstić information content (AvgIpc) is 2.72. The highest BCUT2D eigenvalue weighted by Crippen LogP contribution is 2.19. The van der Waals surface area contributed by atoms with Gasteiger partial charge in [0.1, 0.15) is 11.6 Å². The van der Waals surface area contributed by atoms with Crippen LogP contribution in [0.2, 0.25) is 0 Å². The zero-order chi connectivity index (χ0) is 23.1. The van der Waals surface area contributed by atoms with Crippen LogP contribution in [0.3, 0.4) is 0 Å². The SMILES string of the molecule is CN(C)CCCOC(=O)Nc1cccc(Cn2nc(-c3cc(F)cc(F)c3)ccc2=O)c1.Cl. The molecule has 0 bridgehead atoms. The molecule has 0 saturated heterocycles. The van der Waals surface area contributed by atoms with E-state index in [2.05, 4.69) is 10.4 Å². The molecule has 1 N–H and O–H groups in total. The number of amides is 1. The van der Waals surface area contributed by atoms with E-state index >= 15 is 0 Å². The summed E-state index contributed by atoms with van der Waals surface area (Å²) < 4.78 is 33.4. The van der Waals surface area contributed by atoms with E-state index in [-0.39, 0.29) is 35.8 Å². The van der Waals surface area contributed by atoms with Gasteiger partial charge in [0.15, 0.2) is 0 Å². The maximum atomic E-state index is 13.5. The molecule has 2 aromatic carbocycles. The molecule has 1 heterocycles. The smallest absolute Gasteiger partial charge is 0.411 e. The third kappa shape index (κ3) is 7.96. The lowest BCUT2D eigenvalue weighted by Gasteiger charge is -2.11. The summed E-state index contributed by atoms with van der Waals surface area (Å²) >= 11 is 0. The first-order chi connectivity index (χ1) is 15.3. The number of rotatable bonds is 8. The van der Waals surface area contributed by atoms with Crippen LogP contribution in [0, 0.1) is 11.6 Å². The molecule has 0 fully saturated rings. The number of carbonyl (C=O) groups is 1. The Kier molecular flexibility index (Phi) is 9.50. The van der Waals surface area contributed by atoms with Crippen LogP contribution in [-0.2, 0) is 11.3 Å². The molecule has 0 spiro atoms. The van der Waals surface area contributed by atoms with Crippen molar-refractivity contribution in [1.82, 2.24) is 14.7 Å². The van der Waals surface area contributed by atoms with Gasteiger partial charge < -0.3 is 9.64 Å². The van der Waals surface area contributed by atoms with E-state index < -0.39 is 17.7 Å². The maximum Gasteiger partial charge on any atom is 0.411 e. The minimum Gasteiger partial charge on any atom is -0.449 e. The molecule has 0 radical (unpaired) electrons. The Morgan fingerprint density at radius 2 is 1.82 bits per heavy atom. The molecular weight excluding hydrogens is 454 g/mol. The highest BCUT2D eigenvalue weighted by atomic mass is 35.5. The second-order valence-corrected chi connectivity index (χ2v) is 7.49. The third-order valence-electron chi connectivity index (χ3n) is 4.51. The van der Waals surface area contributed by atoms with Gasteiger partial charge in [-0.05, 0) is 56.4 Å². The fraction of sp³-hybridized carbons (Fsp3) is 0.261. The van der Waals surface area contributed by atoms with E-state index in [4.69, 9.17) is 4.74 Å². The van der Waals surface area contributed by atoms with E-state index in [1.165, 1.54) is 16.8 Å². The Balaban J connectivity index is 0.00000385. The number of hydrogen-bond acceptors (Lipinski definition) is 5. The van der Waals surface area contributed by atoms with Crippen LogP contribution >= 0.6 is 12.4 Å². The molecule has 1 aromatic heterocycles. The normalized spacial score (nSPS) is 10.6. The van der Waals surface area contributed by atoms with Crippen molar-refractivity contribution >= 4 is 24.2 Å². The van der Waals surface area contributed by atoms with E-state index in [0.29, 0.717) is 17.9 Å². The van der Waals surface area contributed by atoms with E-state index in [1.54, 1.807) is 24.3 Å². The number of ether oxygens (including phenoxy) is 1. The number of anilines is 1. The quantitative estimate of drug-likeness (QED) is 0.492. The summed E-state index contributed by atoms with van der Waals surface area (Å²) in [6.45, 7) is 1.22. The van der Waals surface area contributed by atoms with Crippen LogP contribution in [0.1, 0.15) is 12.0 Å². The molecule has 0 saturated carbocycles. The zero-order valence-corrected chi connectivity index (χ0v) is 19.1. The molecule has 3 rings (SSSR count). The number of nitrogens with zero attached hydrogens (tertiary/aromatic N) is 3. The van der Waals surface area contributed by atoms with Gasteiger partial charge in [-0.1, -0.05) is 12.1 Å². The number of nitrogens with one attached hydrogen (secondary N) is 1. The van der Waals surface area contributed by atoms with Gasteiger partial charge in [-0.3, -0.25) is 10.1 Å². The van der Waals surface area contributed by atoms with Gasteiger partial charge in [-0.25, -0.2) is 18.3 Å². The Bertz CT molecular complexity index is 1130. The van der Waals surface area contributed by atoms with Crippen molar-refractivity contribution in [2.75, 3.05) is 32.6 Å². The van der Waals surface area contributed by atoms with Gasteiger partial charge in [-0.15, -0.1) is 12.4 Å². The predicted molar refractivity (Wildman–Crippen MR) is 125 cm³/mol. The lowest BCUT2D eigenvalue weighted by Crippen LogP contribution is -2.23. The van der Waals surface area contributed by atoms with Crippen molar-refractivity contribution in [3.63, 3.8) is 0 Å². The summed E-state index contributed by atoms with van der Waals surface area (Å²) in [5, 5.41) is 6.88. The van der Waals surface area contributed by atoms with Gasteiger partial charge in [0.05, 0.1) is 18.8 Å². The Morgan fingerprint density at radius 3 is 2.52 bits per heavy atom. The first kappa shape index (κ1) is 26.0. The minimum absolute atomic E-state index is 0. The molecule has 3 aromatic rings. The number of aromatic nitrogens is 2. The second kappa shape index (κ2) is 12.1. The summed E-state index contributed by atoms with van der Waals surface area (Å²) in [7, 11) is 3.88. The molecule has 0 aliphatic rings. The third-order valence-corrected chi connectivity index (χ3v) is 4.51. The van der Waals surface area contributed by atoms with Crippen molar-refractivity contribution in [1.29, 1.82) is 0 Å². The fourth-order valence-corrected chi connectivity index (χ4v) is 3.04. The van der Waals surface area contributed by atoms with Gasteiger partial charge in [0.2, 0.25) is 0 Å². The number of benzene rings is 2. The topological polar surface area (TPSA) is 76.5 Å². The molecule has 0 aliphatic carbocycles. The Morgan fingerprint density at radius 1 is 1.09 bits per heavy atom. The molecule has 10 heteroatoms. The summed E-state index contributed by atoms with van der Waals surface area (Å²) in [5.41, 5.74) is 1.33. The molecule has 33 heavy (non-hydrogen) atoms. The second-order valence-electron chi connectivity index (χ2n) is 7.49. The Hall–Kier alpha value is -3.30. The van der Waals surface area contributed by atoms with Gasteiger partial charge in [-0.2, -0.15) is 5.10 Å². The standard InChI is InChI=1S/C23H24F2N4O3.ClH/c1-28(2)9-4-10-32-23(31)26-20-6-3-5-16(11-20)15-29-22(30)8-7-21(27-29)17-12-18(24)14-19(25)13-17;/h3,5-8,11-14H,4,9-10,15H2,1-2H3,(H,26,31);1H. The highest BCUT2D eigenvalue weighted by molar-refractivity contribution is 5.85. The van der Waals surface area contributed by atoms with Crippen LogP contribution in [0.25, 0.3) is 11.3 Å². The van der Waals surface area contributed by atoms with Crippen LogP contribution in [0.4, 0.5) is 19.3 Å². The zero-order valence-electron chi connectivity index (χ0n) is 18.3. The van der Waals surface area contributed by atoms with Crippen LogP contribution in [0.5, 0.6) is 0 Å². The van der Waals surface area contributed by atoms with Crippen molar-refractivity contribution in [3.05, 3.63) is 82.1 Å². The van der Waals surface area contributed by atoms with E-state index in [1.807, 2.05) is 19.0 Å². The fourth-order valence-electron chi connectivity index (χ4n) is 3.04. The van der Waals surface area contributed by atoms with Crippen LogP contribution in [-0.4, -0.2) is 48.0 Å². The number of halogens is 3. The number of hydrogen-bond donors (Lipinski definition) is 1. The summed E-state index contributed by atoms with van der Waals surface area (Å²) in [5.74, 6) is -1.46. The van der Waals surface area contributed by atoms with Crippen molar-refractivity contribution in [2.45, 2.75) is 13.0 Å². The molecule has 7 nitrogen and oxygen atoms in total. The van der Waals surface area contributed by atoms with Crippen LogP contribution < -0.4 is 10.9 Å². The Labute approximate surface area is 196 Å². The van der Waals surface area contributed by atoms with Crippen molar-refractivity contribution in [3.8, 4) is 11.3 Å². The van der Waals surface area contributed by atoms with Gasteiger partial charge in [0, 0.05) is 29.9 Å². The van der Waals surface area contributed by atoms with E-state index in [0.717, 1.165) is 31.2 Å². The first-order valence-corrected chi connectivity index (χ1v) is 10.0. The summed E-state index contributed by atoms with van der Waals surface area (Å²) in [6.07, 6.45) is 0.159. The molecule has 0 unspecified atom stereocenters. The molecule has 0 atom stereocenters. The molecule has 0 aliphatic heterocycles. The van der Waals surface area contributed by atoms with Gasteiger partial charge in [0.25, 0.3) is 5.56 Å². The average molecular weight is 479 g/mol.